The topological polar surface area (TPSA) is 35.0 Å². The lowest BCUT2D eigenvalue weighted by Crippen LogP contribution is -2.15. The lowest BCUT2D eigenvalue weighted by atomic mass is 9.78. The predicted octanol–water partition coefficient (Wildman–Crippen LogP) is 10.5. The fraction of sp³-hybridized carbons (Fsp3) is 0.556. The molecule has 1 heterocycles. The SMILES string of the molecule is CCCCCCc1cnc(-c2ccc(-c3ccc(OCCC[C@H]4CC[C@H](CCCCC)CC4)cc3)cc2)nc1. The molecule has 3 aromatic rings. The van der Waals surface area contributed by atoms with Crippen molar-refractivity contribution in [2.45, 2.75) is 110 Å². The lowest BCUT2D eigenvalue weighted by molar-refractivity contribution is 0.228. The lowest BCUT2D eigenvalue weighted by Gasteiger charge is -2.28. The average molecular weight is 527 g/mol. The first-order valence-electron chi connectivity index (χ1n) is 15.9. The van der Waals surface area contributed by atoms with Crippen LogP contribution in [-0.4, -0.2) is 16.6 Å². The van der Waals surface area contributed by atoms with Crippen molar-refractivity contribution in [2.24, 2.45) is 11.8 Å². The first-order chi connectivity index (χ1) is 19.2. The van der Waals surface area contributed by atoms with Gasteiger partial charge in [0.25, 0.3) is 0 Å². The van der Waals surface area contributed by atoms with Crippen molar-refractivity contribution < 1.29 is 4.74 Å². The third kappa shape index (κ3) is 9.78. The van der Waals surface area contributed by atoms with Crippen LogP contribution in [-0.2, 0) is 6.42 Å². The fourth-order valence-corrected chi connectivity index (χ4v) is 6.00. The normalized spacial score (nSPS) is 17.3. The summed E-state index contributed by atoms with van der Waals surface area (Å²) in [6.45, 7) is 5.37. The largest absolute Gasteiger partial charge is 0.494 e. The second-order valence-electron chi connectivity index (χ2n) is 11.7. The summed E-state index contributed by atoms with van der Waals surface area (Å²) in [5.74, 6) is 3.68. The molecular formula is C36H50N2O. The molecule has 0 unspecified atom stereocenters. The number of hydrogen-bond donors (Lipinski definition) is 0. The summed E-state index contributed by atoms with van der Waals surface area (Å²) in [5.41, 5.74) is 4.69. The Bertz CT molecular complexity index is 1050. The van der Waals surface area contributed by atoms with E-state index < -0.39 is 0 Å². The molecule has 0 amide bonds. The number of unbranched alkanes of at least 4 members (excludes halogenated alkanes) is 5. The van der Waals surface area contributed by atoms with Gasteiger partial charge >= 0.3 is 0 Å². The Balaban J connectivity index is 1.17. The van der Waals surface area contributed by atoms with E-state index in [9.17, 15) is 0 Å². The Labute approximate surface area is 237 Å². The van der Waals surface area contributed by atoms with E-state index in [1.54, 1.807) is 0 Å². The average Bonchev–Trinajstić information content (AvgIpc) is 2.99. The smallest absolute Gasteiger partial charge is 0.159 e. The Morgan fingerprint density at radius 1 is 0.615 bits per heavy atom. The summed E-state index contributed by atoms with van der Waals surface area (Å²) in [4.78, 5) is 9.23. The van der Waals surface area contributed by atoms with E-state index in [1.165, 1.54) is 100 Å². The van der Waals surface area contributed by atoms with Gasteiger partial charge in [0.2, 0.25) is 0 Å². The van der Waals surface area contributed by atoms with Crippen LogP contribution in [0.4, 0.5) is 0 Å². The minimum atomic E-state index is 0.794. The second-order valence-corrected chi connectivity index (χ2v) is 11.7. The van der Waals surface area contributed by atoms with Gasteiger partial charge in [0, 0.05) is 18.0 Å². The summed E-state index contributed by atoms with van der Waals surface area (Å²) >= 11 is 0. The molecule has 0 atom stereocenters. The molecule has 0 saturated heterocycles. The van der Waals surface area contributed by atoms with E-state index in [0.29, 0.717) is 0 Å². The van der Waals surface area contributed by atoms with E-state index in [4.69, 9.17) is 4.74 Å². The number of aryl methyl sites for hydroxylation is 1. The maximum atomic E-state index is 6.08. The molecule has 0 bridgehead atoms. The van der Waals surface area contributed by atoms with Crippen molar-refractivity contribution in [3.05, 3.63) is 66.5 Å². The van der Waals surface area contributed by atoms with E-state index in [-0.39, 0.29) is 0 Å². The van der Waals surface area contributed by atoms with E-state index >= 15 is 0 Å². The van der Waals surface area contributed by atoms with Crippen LogP contribution >= 0.6 is 0 Å². The van der Waals surface area contributed by atoms with Crippen LogP contribution in [0, 0.1) is 11.8 Å². The molecular weight excluding hydrogens is 476 g/mol. The van der Waals surface area contributed by atoms with Crippen molar-refractivity contribution in [1.82, 2.24) is 9.97 Å². The van der Waals surface area contributed by atoms with Gasteiger partial charge in [-0.05, 0) is 66.3 Å². The monoisotopic (exact) mass is 526 g/mol. The fourth-order valence-electron chi connectivity index (χ4n) is 6.00. The Kier molecular flexibility index (Phi) is 12.3. The van der Waals surface area contributed by atoms with Crippen LogP contribution < -0.4 is 4.74 Å². The van der Waals surface area contributed by atoms with Gasteiger partial charge in [-0.15, -0.1) is 0 Å². The zero-order valence-corrected chi connectivity index (χ0v) is 24.5. The van der Waals surface area contributed by atoms with Crippen LogP contribution in [0.2, 0.25) is 0 Å². The number of nitrogens with zero attached hydrogens (tertiary/aromatic N) is 2. The Hall–Kier alpha value is -2.68. The molecule has 1 saturated carbocycles. The Morgan fingerprint density at radius 2 is 1.15 bits per heavy atom. The number of aromatic nitrogens is 2. The molecule has 210 valence electrons. The molecule has 0 N–H and O–H groups in total. The van der Waals surface area contributed by atoms with Crippen LogP contribution in [0.3, 0.4) is 0 Å². The maximum Gasteiger partial charge on any atom is 0.159 e. The van der Waals surface area contributed by atoms with Crippen molar-refractivity contribution in [3.63, 3.8) is 0 Å². The molecule has 3 heteroatoms. The van der Waals surface area contributed by atoms with Gasteiger partial charge in [0.15, 0.2) is 5.82 Å². The highest BCUT2D eigenvalue weighted by molar-refractivity contribution is 5.68. The van der Waals surface area contributed by atoms with Gasteiger partial charge in [-0.2, -0.15) is 0 Å². The van der Waals surface area contributed by atoms with Crippen molar-refractivity contribution in [2.75, 3.05) is 6.61 Å². The minimum Gasteiger partial charge on any atom is -0.494 e. The van der Waals surface area contributed by atoms with Gasteiger partial charge < -0.3 is 4.74 Å². The summed E-state index contributed by atoms with van der Waals surface area (Å²) < 4.78 is 6.08. The highest BCUT2D eigenvalue weighted by atomic mass is 16.5. The molecule has 0 radical (unpaired) electrons. The van der Waals surface area contributed by atoms with Gasteiger partial charge in [0.1, 0.15) is 5.75 Å². The molecule has 0 spiro atoms. The molecule has 2 aromatic carbocycles. The summed E-state index contributed by atoms with van der Waals surface area (Å²) in [7, 11) is 0. The third-order valence-electron chi connectivity index (χ3n) is 8.56. The van der Waals surface area contributed by atoms with Crippen molar-refractivity contribution >= 4 is 0 Å². The third-order valence-corrected chi connectivity index (χ3v) is 8.56. The standard InChI is InChI=1S/C36H50N2O/c1-3-5-7-9-12-31-27-37-36(38-28-31)34-20-18-32(19-21-34)33-22-24-35(25-23-33)39-26-10-13-30-16-14-29(15-17-30)11-8-6-4-2/h18-25,27-30H,3-17,26H2,1-2H3/t29-,30-. The molecule has 1 aromatic heterocycles. The predicted molar refractivity (Wildman–Crippen MR) is 165 cm³/mol. The maximum absolute atomic E-state index is 6.08. The number of hydrogen-bond acceptors (Lipinski definition) is 3. The van der Waals surface area contributed by atoms with Crippen LogP contribution in [0.25, 0.3) is 22.5 Å². The van der Waals surface area contributed by atoms with Gasteiger partial charge in [0.05, 0.1) is 6.61 Å². The van der Waals surface area contributed by atoms with Crippen LogP contribution in [0.1, 0.15) is 109 Å². The number of rotatable bonds is 16. The summed E-state index contributed by atoms with van der Waals surface area (Å²) in [6.07, 6.45) is 24.0. The van der Waals surface area contributed by atoms with E-state index in [2.05, 4.69) is 72.3 Å². The zero-order chi connectivity index (χ0) is 27.1. The first-order valence-corrected chi connectivity index (χ1v) is 15.9. The quantitative estimate of drug-likeness (QED) is 0.174. The summed E-state index contributed by atoms with van der Waals surface area (Å²) in [5, 5.41) is 0. The van der Waals surface area contributed by atoms with Gasteiger partial charge in [-0.25, -0.2) is 9.97 Å². The van der Waals surface area contributed by atoms with Crippen molar-refractivity contribution in [1.29, 1.82) is 0 Å². The molecule has 4 rings (SSSR count). The summed E-state index contributed by atoms with van der Waals surface area (Å²) in [6, 6.07) is 17.1. The number of ether oxygens (including phenoxy) is 1. The molecule has 39 heavy (non-hydrogen) atoms. The van der Waals surface area contributed by atoms with Crippen LogP contribution in [0.15, 0.2) is 60.9 Å². The molecule has 1 aliphatic rings. The second kappa shape index (κ2) is 16.4. The van der Waals surface area contributed by atoms with Crippen LogP contribution in [0.5, 0.6) is 5.75 Å². The highest BCUT2D eigenvalue weighted by Gasteiger charge is 2.20. The first kappa shape index (κ1) is 29.3. The Morgan fingerprint density at radius 3 is 1.77 bits per heavy atom. The molecule has 0 aliphatic heterocycles. The molecule has 1 fully saturated rings. The van der Waals surface area contributed by atoms with E-state index in [0.717, 1.165) is 48.4 Å². The van der Waals surface area contributed by atoms with E-state index in [1.807, 2.05) is 12.4 Å². The van der Waals surface area contributed by atoms with Gasteiger partial charge in [-0.3, -0.25) is 0 Å². The molecule has 1 aliphatic carbocycles. The zero-order valence-electron chi connectivity index (χ0n) is 24.5. The van der Waals surface area contributed by atoms with Gasteiger partial charge in [-0.1, -0.05) is 121 Å². The minimum absolute atomic E-state index is 0.794. The molecule has 3 nitrogen and oxygen atoms in total. The van der Waals surface area contributed by atoms with Crippen molar-refractivity contribution in [3.8, 4) is 28.3 Å². The number of benzene rings is 2. The highest BCUT2D eigenvalue weighted by Crippen LogP contribution is 2.34.